The predicted molar refractivity (Wildman–Crippen MR) is 129 cm³/mol. The van der Waals surface area contributed by atoms with Crippen LogP contribution >= 0.6 is 0 Å². The highest BCUT2D eigenvalue weighted by Gasteiger charge is 2.35. The van der Waals surface area contributed by atoms with E-state index in [2.05, 4.69) is 31.7 Å². The van der Waals surface area contributed by atoms with E-state index < -0.39 is 0 Å². The second-order valence-electron chi connectivity index (χ2n) is 10.0. The Morgan fingerprint density at radius 2 is 1.81 bits per heavy atom. The zero-order valence-corrected chi connectivity index (χ0v) is 19.3. The molecule has 1 nitrogen and oxygen atoms in total. The van der Waals surface area contributed by atoms with Gasteiger partial charge in [-0.1, -0.05) is 76.3 Å². The first kappa shape index (κ1) is 22.4. The molecular weight excluding hydrogens is 383 g/mol. The Kier molecular flexibility index (Phi) is 7.69. The molecule has 0 aromatic heterocycles. The molecule has 2 aromatic rings. The number of fused-ring (bicyclic) bond motifs is 2. The van der Waals surface area contributed by atoms with Crippen molar-refractivity contribution in [3.8, 4) is 5.75 Å². The summed E-state index contributed by atoms with van der Waals surface area (Å²) in [5.41, 5.74) is 1.40. The van der Waals surface area contributed by atoms with Gasteiger partial charge in [0.2, 0.25) is 0 Å². The van der Waals surface area contributed by atoms with Crippen LogP contribution in [0, 0.1) is 23.6 Å². The smallest absolute Gasteiger partial charge is 0.165 e. The molecule has 0 amide bonds. The molecule has 0 heterocycles. The topological polar surface area (TPSA) is 9.23 Å². The predicted octanol–water partition coefficient (Wildman–Crippen LogP) is 8.81. The SMILES string of the molecule is C=CCOc1cc2ccc(C3CCC4CC(CCCCCC)CCC4C3)cc2cc1F. The third-order valence-corrected chi connectivity index (χ3v) is 7.93. The van der Waals surface area contributed by atoms with Gasteiger partial charge in [0, 0.05) is 0 Å². The van der Waals surface area contributed by atoms with Crippen LogP contribution in [0.4, 0.5) is 4.39 Å². The Balaban J connectivity index is 1.37. The van der Waals surface area contributed by atoms with Crippen LogP contribution in [0.2, 0.25) is 0 Å². The molecule has 4 atom stereocenters. The van der Waals surface area contributed by atoms with Gasteiger partial charge in [-0.2, -0.15) is 0 Å². The highest BCUT2D eigenvalue weighted by Crippen LogP contribution is 2.48. The van der Waals surface area contributed by atoms with Gasteiger partial charge in [0.1, 0.15) is 6.61 Å². The summed E-state index contributed by atoms with van der Waals surface area (Å²) < 4.78 is 19.9. The minimum absolute atomic E-state index is 0.285. The molecular formula is C29H39FO. The van der Waals surface area contributed by atoms with Crippen LogP contribution in [0.3, 0.4) is 0 Å². The summed E-state index contributed by atoms with van der Waals surface area (Å²) in [7, 11) is 0. The zero-order chi connectivity index (χ0) is 21.6. The maximum atomic E-state index is 14.4. The number of hydrogen-bond acceptors (Lipinski definition) is 1. The molecule has 2 fully saturated rings. The number of benzene rings is 2. The second kappa shape index (κ2) is 10.7. The summed E-state index contributed by atoms with van der Waals surface area (Å²) in [4.78, 5) is 0. The highest BCUT2D eigenvalue weighted by atomic mass is 19.1. The number of unbranched alkanes of at least 4 members (excludes halogenated alkanes) is 3. The fourth-order valence-corrected chi connectivity index (χ4v) is 6.19. The van der Waals surface area contributed by atoms with Crippen LogP contribution in [0.1, 0.15) is 89.0 Å². The van der Waals surface area contributed by atoms with Crippen molar-refractivity contribution in [2.24, 2.45) is 17.8 Å². The minimum Gasteiger partial charge on any atom is -0.486 e. The van der Waals surface area contributed by atoms with E-state index in [1.807, 2.05) is 6.07 Å². The van der Waals surface area contributed by atoms with E-state index in [1.54, 1.807) is 12.1 Å². The fraction of sp³-hybridized carbons (Fsp3) is 0.586. The Morgan fingerprint density at radius 1 is 0.968 bits per heavy atom. The average molecular weight is 423 g/mol. The van der Waals surface area contributed by atoms with Crippen molar-refractivity contribution in [3.05, 3.63) is 54.4 Å². The number of halogens is 1. The van der Waals surface area contributed by atoms with Gasteiger partial charge in [-0.15, -0.1) is 0 Å². The maximum absolute atomic E-state index is 14.4. The van der Waals surface area contributed by atoms with Crippen LogP contribution in [0.15, 0.2) is 43.0 Å². The van der Waals surface area contributed by atoms with Crippen LogP contribution in [0.25, 0.3) is 10.8 Å². The molecule has 0 saturated heterocycles. The van der Waals surface area contributed by atoms with Crippen LogP contribution in [-0.2, 0) is 0 Å². The number of hydrogen-bond donors (Lipinski definition) is 0. The highest BCUT2D eigenvalue weighted by molar-refractivity contribution is 5.84. The van der Waals surface area contributed by atoms with Crippen LogP contribution in [-0.4, -0.2) is 6.61 Å². The Labute approximate surface area is 188 Å². The fourth-order valence-electron chi connectivity index (χ4n) is 6.19. The molecule has 4 rings (SSSR count). The van der Waals surface area contributed by atoms with Crippen molar-refractivity contribution in [2.45, 2.75) is 83.5 Å². The number of ether oxygens (including phenoxy) is 1. The first-order valence-electron chi connectivity index (χ1n) is 12.6. The Bertz CT molecular complexity index is 872. The monoisotopic (exact) mass is 422 g/mol. The molecule has 31 heavy (non-hydrogen) atoms. The molecule has 0 bridgehead atoms. The molecule has 2 saturated carbocycles. The summed E-state index contributed by atoms with van der Waals surface area (Å²) in [6, 6.07) is 10.1. The van der Waals surface area contributed by atoms with Crippen molar-refractivity contribution >= 4 is 10.8 Å². The first-order chi connectivity index (χ1) is 15.2. The van der Waals surface area contributed by atoms with E-state index in [-0.39, 0.29) is 5.82 Å². The molecule has 0 N–H and O–H groups in total. The third-order valence-electron chi connectivity index (χ3n) is 7.93. The lowest BCUT2D eigenvalue weighted by molar-refractivity contribution is 0.113. The summed E-state index contributed by atoms with van der Waals surface area (Å²) in [5, 5.41) is 2.03. The van der Waals surface area contributed by atoms with Crippen molar-refractivity contribution < 1.29 is 9.13 Å². The molecule has 2 aromatic carbocycles. The van der Waals surface area contributed by atoms with Gasteiger partial charge in [0.25, 0.3) is 0 Å². The van der Waals surface area contributed by atoms with Gasteiger partial charge in [-0.3, -0.25) is 0 Å². The van der Waals surface area contributed by atoms with Gasteiger partial charge in [0.05, 0.1) is 0 Å². The van der Waals surface area contributed by atoms with Gasteiger partial charge >= 0.3 is 0 Å². The molecule has 168 valence electrons. The summed E-state index contributed by atoms with van der Waals surface area (Å²) in [6.45, 7) is 6.26. The van der Waals surface area contributed by atoms with Crippen molar-refractivity contribution in [1.82, 2.24) is 0 Å². The van der Waals surface area contributed by atoms with E-state index in [0.29, 0.717) is 18.3 Å². The first-order valence-corrected chi connectivity index (χ1v) is 12.6. The molecule has 2 heteroatoms. The van der Waals surface area contributed by atoms with Gasteiger partial charge in [-0.25, -0.2) is 4.39 Å². The third kappa shape index (κ3) is 5.51. The van der Waals surface area contributed by atoms with E-state index >= 15 is 0 Å². The van der Waals surface area contributed by atoms with Gasteiger partial charge in [0.15, 0.2) is 11.6 Å². The molecule has 2 aliphatic rings. The van der Waals surface area contributed by atoms with Gasteiger partial charge in [-0.05, 0) is 84.2 Å². The number of rotatable bonds is 9. The van der Waals surface area contributed by atoms with E-state index in [9.17, 15) is 4.39 Å². The van der Waals surface area contributed by atoms with Crippen molar-refractivity contribution in [2.75, 3.05) is 6.61 Å². The second-order valence-corrected chi connectivity index (χ2v) is 10.0. The Hall–Kier alpha value is -1.83. The largest absolute Gasteiger partial charge is 0.486 e. The molecule has 0 aliphatic heterocycles. The average Bonchev–Trinajstić information content (AvgIpc) is 2.79. The maximum Gasteiger partial charge on any atom is 0.165 e. The van der Waals surface area contributed by atoms with E-state index in [4.69, 9.17) is 4.74 Å². The van der Waals surface area contributed by atoms with Crippen LogP contribution in [0.5, 0.6) is 5.75 Å². The molecule has 2 aliphatic carbocycles. The lowest BCUT2D eigenvalue weighted by atomic mass is 9.63. The lowest BCUT2D eigenvalue weighted by Crippen LogP contribution is -2.30. The summed E-state index contributed by atoms with van der Waals surface area (Å²) in [6.07, 6.45) is 17.0. The van der Waals surface area contributed by atoms with Crippen molar-refractivity contribution in [1.29, 1.82) is 0 Å². The van der Waals surface area contributed by atoms with Gasteiger partial charge < -0.3 is 4.74 Å². The normalized spacial score (nSPS) is 25.9. The Morgan fingerprint density at radius 3 is 2.65 bits per heavy atom. The summed E-state index contributed by atoms with van der Waals surface area (Å²) in [5.74, 6) is 3.48. The van der Waals surface area contributed by atoms with Crippen molar-refractivity contribution in [3.63, 3.8) is 0 Å². The molecule has 4 unspecified atom stereocenters. The lowest BCUT2D eigenvalue weighted by Gasteiger charge is -2.42. The molecule has 0 spiro atoms. The standard InChI is InChI=1S/C29H39FO/c1-3-5-6-7-8-21-9-10-23-17-24(12-11-22(23)16-21)25-13-14-26-20-29(31-15-4-2)28(30)19-27(26)18-25/h4,13-14,18-24H,2-3,5-12,15-17H2,1H3. The zero-order valence-electron chi connectivity index (χ0n) is 19.3. The van der Waals surface area contributed by atoms with Crippen LogP contribution < -0.4 is 4.74 Å². The van der Waals surface area contributed by atoms with E-state index in [0.717, 1.165) is 28.5 Å². The molecule has 0 radical (unpaired) electrons. The summed E-state index contributed by atoms with van der Waals surface area (Å²) >= 11 is 0. The van der Waals surface area contributed by atoms with E-state index in [1.165, 1.54) is 76.2 Å². The quantitative estimate of drug-likeness (QED) is 0.290. The minimum atomic E-state index is -0.285.